The molecular weight excluding hydrogens is 234 g/mol. The van der Waals surface area contributed by atoms with Crippen LogP contribution in [0, 0.1) is 0 Å². The van der Waals surface area contributed by atoms with Gasteiger partial charge in [0.2, 0.25) is 5.91 Å². The van der Waals surface area contributed by atoms with Gasteiger partial charge < -0.3 is 15.2 Å². The number of amides is 1. The first-order chi connectivity index (χ1) is 8.58. The average Bonchev–Trinajstić information content (AvgIpc) is 2.35. The van der Waals surface area contributed by atoms with E-state index in [1.807, 2.05) is 0 Å². The Bertz CT molecular complexity index is 443. The molecule has 0 spiro atoms. The first-order valence-corrected chi connectivity index (χ1v) is 5.68. The second kappa shape index (κ2) is 6.76. The molecule has 0 aliphatic carbocycles. The lowest BCUT2D eigenvalue weighted by molar-refractivity contribution is -0.114. The van der Waals surface area contributed by atoms with Crippen molar-refractivity contribution in [1.82, 2.24) is 0 Å². The first kappa shape index (κ1) is 14.2. The van der Waals surface area contributed by atoms with Crippen molar-refractivity contribution in [3.63, 3.8) is 0 Å². The van der Waals surface area contributed by atoms with Crippen molar-refractivity contribution >= 4 is 17.4 Å². The number of nitrogens with one attached hydrogen (secondary N) is 1. The number of anilines is 1. The van der Waals surface area contributed by atoms with E-state index in [4.69, 9.17) is 9.84 Å². The lowest BCUT2D eigenvalue weighted by atomic mass is 10.0. The van der Waals surface area contributed by atoms with Crippen LogP contribution in [-0.2, 0) is 4.79 Å². The van der Waals surface area contributed by atoms with Crippen LogP contribution in [0.25, 0.3) is 0 Å². The van der Waals surface area contributed by atoms with E-state index < -0.39 is 0 Å². The van der Waals surface area contributed by atoms with Crippen molar-refractivity contribution in [1.29, 1.82) is 0 Å². The Balaban J connectivity index is 2.97. The summed E-state index contributed by atoms with van der Waals surface area (Å²) in [5, 5.41) is 11.3. The second-order valence-electron chi connectivity index (χ2n) is 3.85. The molecule has 0 heterocycles. The zero-order valence-corrected chi connectivity index (χ0v) is 10.5. The second-order valence-corrected chi connectivity index (χ2v) is 3.85. The van der Waals surface area contributed by atoms with Crippen LogP contribution in [0.4, 0.5) is 5.69 Å². The number of ketones is 1. The summed E-state index contributed by atoms with van der Waals surface area (Å²) in [5.74, 6) is 0.147. The van der Waals surface area contributed by atoms with Gasteiger partial charge in [-0.05, 0) is 24.6 Å². The summed E-state index contributed by atoms with van der Waals surface area (Å²) in [6.07, 6.45) is 0.655. The van der Waals surface area contributed by atoms with Crippen LogP contribution in [-0.4, -0.2) is 30.5 Å². The zero-order chi connectivity index (χ0) is 13.5. The summed E-state index contributed by atoms with van der Waals surface area (Å²) in [5.41, 5.74) is 0.966. The van der Waals surface area contributed by atoms with E-state index >= 15 is 0 Å². The molecule has 0 aliphatic heterocycles. The van der Waals surface area contributed by atoms with Crippen LogP contribution in [0.1, 0.15) is 30.1 Å². The van der Waals surface area contributed by atoms with Crippen molar-refractivity contribution in [2.45, 2.75) is 19.8 Å². The third-order valence-corrected chi connectivity index (χ3v) is 2.38. The number of hydrogen-bond acceptors (Lipinski definition) is 4. The van der Waals surface area contributed by atoms with E-state index in [0.717, 1.165) is 0 Å². The molecule has 1 aromatic rings. The molecule has 18 heavy (non-hydrogen) atoms. The van der Waals surface area contributed by atoms with Gasteiger partial charge in [-0.2, -0.15) is 0 Å². The van der Waals surface area contributed by atoms with E-state index in [9.17, 15) is 9.59 Å². The minimum atomic E-state index is -0.200. The SMILES string of the molecule is COc1ccc(NC(C)=O)cc1C(=O)CCCO. The molecule has 0 aliphatic rings. The number of aliphatic hydroxyl groups excluding tert-OH is 1. The van der Waals surface area contributed by atoms with Crippen LogP contribution < -0.4 is 10.1 Å². The maximum absolute atomic E-state index is 11.9. The van der Waals surface area contributed by atoms with Crippen molar-refractivity contribution in [2.75, 3.05) is 19.0 Å². The van der Waals surface area contributed by atoms with E-state index in [2.05, 4.69) is 5.32 Å². The molecule has 1 rings (SSSR count). The van der Waals surface area contributed by atoms with E-state index in [1.54, 1.807) is 18.2 Å². The lowest BCUT2D eigenvalue weighted by Crippen LogP contribution is -2.08. The highest BCUT2D eigenvalue weighted by Crippen LogP contribution is 2.24. The van der Waals surface area contributed by atoms with Gasteiger partial charge in [-0.3, -0.25) is 9.59 Å². The van der Waals surface area contributed by atoms with Crippen LogP contribution >= 0.6 is 0 Å². The molecular formula is C13H17NO4. The molecule has 0 aromatic heterocycles. The van der Waals surface area contributed by atoms with Crippen LogP contribution in [0.15, 0.2) is 18.2 Å². The van der Waals surface area contributed by atoms with Crippen LogP contribution in [0.3, 0.4) is 0 Å². The zero-order valence-electron chi connectivity index (χ0n) is 10.5. The predicted molar refractivity (Wildman–Crippen MR) is 67.9 cm³/mol. The topological polar surface area (TPSA) is 75.6 Å². The van der Waals surface area contributed by atoms with Crippen molar-refractivity contribution in [3.8, 4) is 5.75 Å². The molecule has 2 N–H and O–H groups in total. The fourth-order valence-electron chi connectivity index (χ4n) is 1.58. The molecule has 0 atom stereocenters. The summed E-state index contributed by atoms with van der Waals surface area (Å²) in [4.78, 5) is 22.9. The Morgan fingerprint density at radius 2 is 2.11 bits per heavy atom. The Morgan fingerprint density at radius 1 is 1.39 bits per heavy atom. The summed E-state index contributed by atoms with van der Waals surface area (Å²) in [6.45, 7) is 1.37. The van der Waals surface area contributed by atoms with E-state index in [0.29, 0.717) is 23.4 Å². The molecule has 5 heteroatoms. The number of carbonyl (C=O) groups is 2. The van der Waals surface area contributed by atoms with Gasteiger partial charge in [0.15, 0.2) is 5.78 Å². The van der Waals surface area contributed by atoms with Crippen LogP contribution in [0.2, 0.25) is 0 Å². The van der Waals surface area contributed by atoms with E-state index in [1.165, 1.54) is 14.0 Å². The Labute approximate surface area is 106 Å². The minimum Gasteiger partial charge on any atom is -0.496 e. The number of hydrogen-bond donors (Lipinski definition) is 2. The third-order valence-electron chi connectivity index (χ3n) is 2.38. The lowest BCUT2D eigenvalue weighted by Gasteiger charge is -2.10. The quantitative estimate of drug-likeness (QED) is 0.753. The van der Waals surface area contributed by atoms with Gasteiger partial charge >= 0.3 is 0 Å². The highest BCUT2D eigenvalue weighted by Gasteiger charge is 2.13. The number of Topliss-reactive ketones (excluding diaryl/α,β-unsaturated/α-hetero) is 1. The van der Waals surface area contributed by atoms with Gasteiger partial charge in [0.05, 0.1) is 12.7 Å². The molecule has 1 aromatic carbocycles. The van der Waals surface area contributed by atoms with E-state index in [-0.39, 0.29) is 24.7 Å². The maximum Gasteiger partial charge on any atom is 0.221 e. The monoisotopic (exact) mass is 251 g/mol. The number of rotatable bonds is 6. The smallest absolute Gasteiger partial charge is 0.221 e. The molecule has 0 radical (unpaired) electrons. The van der Waals surface area contributed by atoms with Gasteiger partial charge in [0, 0.05) is 25.6 Å². The fourth-order valence-corrected chi connectivity index (χ4v) is 1.58. The minimum absolute atomic E-state index is 0.0283. The van der Waals surface area contributed by atoms with Crippen molar-refractivity contribution in [2.24, 2.45) is 0 Å². The summed E-state index contributed by atoms with van der Waals surface area (Å²) in [7, 11) is 1.48. The summed E-state index contributed by atoms with van der Waals surface area (Å²) < 4.78 is 5.11. The Morgan fingerprint density at radius 3 is 2.67 bits per heavy atom. The summed E-state index contributed by atoms with van der Waals surface area (Å²) in [6, 6.07) is 4.89. The highest BCUT2D eigenvalue weighted by atomic mass is 16.5. The third kappa shape index (κ3) is 3.85. The molecule has 1 amide bonds. The number of carbonyl (C=O) groups excluding carboxylic acids is 2. The van der Waals surface area contributed by atoms with Gasteiger partial charge in [0.25, 0.3) is 0 Å². The molecule has 0 unspecified atom stereocenters. The molecule has 0 bridgehead atoms. The summed E-state index contributed by atoms with van der Waals surface area (Å²) >= 11 is 0. The normalized spacial score (nSPS) is 9.94. The van der Waals surface area contributed by atoms with Gasteiger partial charge in [-0.1, -0.05) is 0 Å². The van der Waals surface area contributed by atoms with Gasteiger partial charge in [-0.15, -0.1) is 0 Å². The predicted octanol–water partition coefficient (Wildman–Crippen LogP) is 1.61. The van der Waals surface area contributed by atoms with Gasteiger partial charge in [0.1, 0.15) is 5.75 Å². The maximum atomic E-state index is 11.9. The first-order valence-electron chi connectivity index (χ1n) is 5.68. The van der Waals surface area contributed by atoms with Crippen molar-refractivity contribution in [3.05, 3.63) is 23.8 Å². The number of aliphatic hydroxyl groups is 1. The number of ether oxygens (including phenoxy) is 1. The standard InChI is InChI=1S/C13H17NO4/c1-9(16)14-10-5-6-13(18-2)11(8-10)12(17)4-3-7-15/h5-6,8,15H,3-4,7H2,1-2H3,(H,14,16). The number of methoxy groups -OCH3 is 1. The molecule has 0 saturated heterocycles. The number of benzene rings is 1. The largest absolute Gasteiger partial charge is 0.496 e. The molecule has 98 valence electrons. The molecule has 0 saturated carbocycles. The average molecular weight is 251 g/mol. The Kier molecular flexibility index (Phi) is 5.32. The molecule has 0 fully saturated rings. The van der Waals surface area contributed by atoms with Gasteiger partial charge in [-0.25, -0.2) is 0 Å². The fraction of sp³-hybridized carbons (Fsp3) is 0.385. The molecule has 5 nitrogen and oxygen atoms in total. The Hall–Kier alpha value is -1.88. The van der Waals surface area contributed by atoms with Crippen LogP contribution in [0.5, 0.6) is 5.75 Å². The van der Waals surface area contributed by atoms with Crippen molar-refractivity contribution < 1.29 is 19.4 Å². The highest BCUT2D eigenvalue weighted by molar-refractivity contribution is 6.00.